The van der Waals surface area contributed by atoms with E-state index in [1.165, 1.54) is 26.4 Å². The van der Waals surface area contributed by atoms with Crippen LogP contribution >= 0.6 is 0 Å². The maximum Gasteiger partial charge on any atom is 0.167 e. The van der Waals surface area contributed by atoms with E-state index >= 15 is 0 Å². The number of aromatic hydroxyl groups is 2. The first-order valence-corrected chi connectivity index (χ1v) is 9.67. The summed E-state index contributed by atoms with van der Waals surface area (Å²) < 4.78 is 15.5. The molecule has 0 radical (unpaired) electrons. The van der Waals surface area contributed by atoms with Crippen molar-refractivity contribution in [1.82, 2.24) is 15.0 Å². The van der Waals surface area contributed by atoms with E-state index in [2.05, 4.69) is 15.0 Å². The van der Waals surface area contributed by atoms with Gasteiger partial charge in [-0.1, -0.05) is 0 Å². The second kappa shape index (κ2) is 8.81. The third-order valence-corrected chi connectivity index (χ3v) is 4.88. The highest BCUT2D eigenvalue weighted by molar-refractivity contribution is 5.72. The van der Waals surface area contributed by atoms with Crippen LogP contribution < -0.4 is 14.2 Å². The Labute approximate surface area is 184 Å². The topological polar surface area (TPSA) is 107 Å². The molecule has 4 rings (SSSR count). The zero-order valence-electron chi connectivity index (χ0n) is 17.7. The summed E-state index contributed by atoms with van der Waals surface area (Å²) in [5, 5.41) is 21.1. The van der Waals surface area contributed by atoms with Gasteiger partial charge in [0, 0.05) is 17.7 Å². The van der Waals surface area contributed by atoms with Crippen LogP contribution in [0.1, 0.15) is 0 Å². The molecule has 0 saturated carbocycles. The predicted molar refractivity (Wildman–Crippen MR) is 119 cm³/mol. The zero-order chi connectivity index (χ0) is 22.7. The van der Waals surface area contributed by atoms with Crippen LogP contribution in [-0.2, 0) is 0 Å². The average molecular weight is 431 g/mol. The van der Waals surface area contributed by atoms with E-state index in [4.69, 9.17) is 14.2 Å². The van der Waals surface area contributed by atoms with E-state index in [-0.39, 0.29) is 23.1 Å². The van der Waals surface area contributed by atoms with Gasteiger partial charge in [-0.25, -0.2) is 15.0 Å². The molecule has 8 heteroatoms. The maximum atomic E-state index is 10.5. The average Bonchev–Trinajstić information content (AvgIpc) is 2.83. The van der Waals surface area contributed by atoms with Crippen LogP contribution in [0.3, 0.4) is 0 Å². The van der Waals surface area contributed by atoms with E-state index in [1.807, 2.05) is 12.1 Å². The Kier molecular flexibility index (Phi) is 5.76. The van der Waals surface area contributed by atoms with Gasteiger partial charge < -0.3 is 24.4 Å². The first-order chi connectivity index (χ1) is 15.5. The molecule has 4 aromatic rings. The smallest absolute Gasteiger partial charge is 0.167 e. The van der Waals surface area contributed by atoms with Crippen molar-refractivity contribution in [2.24, 2.45) is 0 Å². The van der Waals surface area contributed by atoms with Crippen molar-refractivity contribution in [3.05, 3.63) is 60.7 Å². The van der Waals surface area contributed by atoms with Crippen molar-refractivity contribution in [3.63, 3.8) is 0 Å². The quantitative estimate of drug-likeness (QED) is 0.465. The van der Waals surface area contributed by atoms with Crippen molar-refractivity contribution in [2.45, 2.75) is 0 Å². The van der Waals surface area contributed by atoms with Gasteiger partial charge in [-0.2, -0.15) is 0 Å². The van der Waals surface area contributed by atoms with Crippen molar-refractivity contribution in [1.29, 1.82) is 0 Å². The summed E-state index contributed by atoms with van der Waals surface area (Å²) in [6.45, 7) is 0. The summed E-state index contributed by atoms with van der Waals surface area (Å²) in [7, 11) is 4.63. The molecule has 0 fully saturated rings. The normalized spacial score (nSPS) is 10.6. The van der Waals surface area contributed by atoms with Crippen LogP contribution in [0.15, 0.2) is 60.7 Å². The molecule has 0 aliphatic carbocycles. The van der Waals surface area contributed by atoms with Gasteiger partial charge >= 0.3 is 0 Å². The molecule has 8 nitrogen and oxygen atoms in total. The van der Waals surface area contributed by atoms with Gasteiger partial charge in [-0.05, 0) is 48.5 Å². The lowest BCUT2D eigenvalue weighted by molar-refractivity contribution is 0.408. The minimum absolute atomic E-state index is 0.0406. The molecule has 0 aliphatic rings. The fourth-order valence-corrected chi connectivity index (χ4v) is 3.14. The third kappa shape index (κ3) is 4.11. The molecule has 0 bridgehead atoms. The van der Waals surface area contributed by atoms with E-state index in [9.17, 15) is 10.2 Å². The highest BCUT2D eigenvalue weighted by atomic mass is 16.5. The maximum absolute atomic E-state index is 10.5. The van der Waals surface area contributed by atoms with Crippen molar-refractivity contribution < 1.29 is 24.4 Å². The number of ether oxygens (including phenoxy) is 3. The largest absolute Gasteiger partial charge is 0.507 e. The third-order valence-electron chi connectivity index (χ3n) is 4.88. The number of hydrogen-bond donors (Lipinski definition) is 2. The van der Waals surface area contributed by atoms with Crippen molar-refractivity contribution >= 4 is 0 Å². The molecule has 1 aromatic heterocycles. The summed E-state index contributed by atoms with van der Waals surface area (Å²) in [5.41, 5.74) is 1.52. The number of phenols is 2. The van der Waals surface area contributed by atoms with Crippen LogP contribution in [0.2, 0.25) is 0 Å². The standard InChI is InChI=1S/C24H21N3O5/c1-30-15-6-4-14(5-7-15)22-25-23(18-10-8-16(31-2)12-20(18)28)27-24(26-22)19-11-9-17(32-3)13-21(19)29/h4-13,28-29H,1-3H3. The Morgan fingerprint density at radius 2 is 0.938 bits per heavy atom. The number of phenolic OH excluding ortho intramolecular Hbond substituents is 2. The SMILES string of the molecule is COc1ccc(-c2nc(-c3ccc(OC)cc3O)nc(-c3ccc(OC)cc3O)n2)cc1. The highest BCUT2D eigenvalue weighted by Crippen LogP contribution is 2.35. The summed E-state index contributed by atoms with van der Waals surface area (Å²) in [4.78, 5) is 13.6. The predicted octanol–water partition coefficient (Wildman–Crippen LogP) is 4.31. The lowest BCUT2D eigenvalue weighted by atomic mass is 10.1. The summed E-state index contributed by atoms with van der Waals surface area (Å²) in [5.74, 6) is 2.49. The monoisotopic (exact) mass is 431 g/mol. The van der Waals surface area contributed by atoms with Crippen LogP contribution in [0.25, 0.3) is 34.2 Å². The highest BCUT2D eigenvalue weighted by Gasteiger charge is 2.17. The first kappa shape index (κ1) is 20.9. The Balaban J connectivity index is 1.90. The van der Waals surface area contributed by atoms with E-state index in [0.717, 1.165) is 5.56 Å². The van der Waals surface area contributed by atoms with Gasteiger partial charge in [0.2, 0.25) is 0 Å². The summed E-state index contributed by atoms with van der Waals surface area (Å²) in [6.07, 6.45) is 0. The first-order valence-electron chi connectivity index (χ1n) is 9.67. The second-order valence-electron chi connectivity index (χ2n) is 6.80. The lowest BCUT2D eigenvalue weighted by Gasteiger charge is -2.11. The number of rotatable bonds is 6. The number of benzene rings is 3. The van der Waals surface area contributed by atoms with Gasteiger partial charge in [0.15, 0.2) is 17.5 Å². The molecule has 32 heavy (non-hydrogen) atoms. The molecule has 0 amide bonds. The molecule has 0 atom stereocenters. The number of nitrogens with zero attached hydrogens (tertiary/aromatic N) is 3. The zero-order valence-corrected chi connectivity index (χ0v) is 17.7. The van der Waals surface area contributed by atoms with Gasteiger partial charge in [0.25, 0.3) is 0 Å². The van der Waals surface area contributed by atoms with Gasteiger partial charge in [0.1, 0.15) is 28.7 Å². The molecular formula is C24H21N3O5. The van der Waals surface area contributed by atoms with E-state index < -0.39 is 0 Å². The lowest BCUT2D eigenvalue weighted by Crippen LogP contribution is -2.01. The Morgan fingerprint density at radius 3 is 1.34 bits per heavy atom. The molecule has 1 heterocycles. The molecule has 2 N–H and O–H groups in total. The number of methoxy groups -OCH3 is 3. The second-order valence-corrected chi connectivity index (χ2v) is 6.80. The van der Waals surface area contributed by atoms with E-state index in [1.54, 1.807) is 43.5 Å². The fraction of sp³-hybridized carbons (Fsp3) is 0.125. The van der Waals surface area contributed by atoms with Crippen molar-refractivity contribution in [3.8, 4) is 62.9 Å². The van der Waals surface area contributed by atoms with Crippen LogP contribution in [0.5, 0.6) is 28.7 Å². The molecule has 162 valence electrons. The van der Waals surface area contributed by atoms with Gasteiger partial charge in [0.05, 0.1) is 32.5 Å². The Morgan fingerprint density at radius 1 is 0.531 bits per heavy atom. The Bertz CT molecular complexity index is 1190. The van der Waals surface area contributed by atoms with Crippen LogP contribution in [-0.4, -0.2) is 46.5 Å². The molecular weight excluding hydrogens is 410 g/mol. The molecule has 0 unspecified atom stereocenters. The Hall–Kier alpha value is -4.33. The minimum Gasteiger partial charge on any atom is -0.507 e. The van der Waals surface area contributed by atoms with Gasteiger partial charge in [-0.3, -0.25) is 0 Å². The minimum atomic E-state index is -0.0406. The number of hydrogen-bond acceptors (Lipinski definition) is 8. The molecule has 0 spiro atoms. The van der Waals surface area contributed by atoms with Crippen molar-refractivity contribution in [2.75, 3.05) is 21.3 Å². The summed E-state index contributed by atoms with van der Waals surface area (Å²) >= 11 is 0. The summed E-state index contributed by atoms with van der Waals surface area (Å²) in [6, 6.07) is 17.0. The van der Waals surface area contributed by atoms with E-state index in [0.29, 0.717) is 34.2 Å². The van der Waals surface area contributed by atoms with Gasteiger partial charge in [-0.15, -0.1) is 0 Å². The molecule has 0 aliphatic heterocycles. The fourth-order valence-electron chi connectivity index (χ4n) is 3.14. The van der Waals surface area contributed by atoms with Crippen LogP contribution in [0, 0.1) is 0 Å². The van der Waals surface area contributed by atoms with Crippen LogP contribution in [0.4, 0.5) is 0 Å². The molecule has 0 saturated heterocycles. The molecule has 3 aromatic carbocycles. The number of aromatic nitrogens is 3.